The summed E-state index contributed by atoms with van der Waals surface area (Å²) in [6.07, 6.45) is 24.4. The predicted octanol–water partition coefficient (Wildman–Crippen LogP) is 16.4. The molecule has 6 nitrogen and oxygen atoms in total. The van der Waals surface area contributed by atoms with Gasteiger partial charge in [0.1, 0.15) is 34.5 Å². The molecule has 12 saturated carbocycles. The molecule has 9 heteroatoms. The van der Waals surface area contributed by atoms with E-state index in [0.29, 0.717) is 0 Å². The molecule has 488 valence electrons. The SMILES string of the molecule is Cc1cc(C)c(N2c3cc4c(cc3B3c5cc6c(cc5N(c5c(C)cc(C)cc5C)c5cc(C78CC9CC(CC(C9)C7)C8)cc2c53)Oc2cc(C35CC7CC(CC(C7)C3)C5)cc3c2B6c2ccccc2O3)B2c3ccccc3Oc3cc(C56CC7CC(CC(C7)C5)C6)cc(c32)N4)c(C)c1. The zero-order valence-corrected chi connectivity index (χ0v) is 58.5. The molecule has 99 heavy (non-hydrogen) atoms. The van der Waals surface area contributed by atoms with E-state index in [1.54, 1.807) is 5.56 Å². The van der Waals surface area contributed by atoms with Crippen LogP contribution in [0.4, 0.5) is 45.5 Å². The minimum Gasteiger partial charge on any atom is -0.458 e. The van der Waals surface area contributed by atoms with E-state index in [1.165, 1.54) is 255 Å². The Kier molecular flexibility index (Phi) is 11.1. The number of rotatable bonds is 5. The normalized spacial score (nSPS) is 30.2. The molecule has 9 aromatic rings. The van der Waals surface area contributed by atoms with Crippen molar-refractivity contribution >= 4 is 115 Å². The summed E-state index contributed by atoms with van der Waals surface area (Å²) in [6.45, 7) is 13.9. The molecule has 0 unspecified atom stereocenters. The molecule has 12 fully saturated rings. The molecule has 12 aliphatic carbocycles. The van der Waals surface area contributed by atoms with Crippen molar-refractivity contribution in [3.63, 3.8) is 0 Å². The Hall–Kier alpha value is -8.03. The maximum Gasteiger partial charge on any atom is 0.260 e. The quantitative estimate of drug-likeness (QED) is 0.173. The van der Waals surface area contributed by atoms with E-state index in [4.69, 9.17) is 14.2 Å². The van der Waals surface area contributed by atoms with E-state index in [9.17, 15) is 0 Å². The van der Waals surface area contributed by atoms with Crippen molar-refractivity contribution in [2.24, 2.45) is 53.3 Å². The largest absolute Gasteiger partial charge is 0.458 e. The van der Waals surface area contributed by atoms with Gasteiger partial charge in [-0.15, -0.1) is 0 Å². The monoisotopic (exact) mass is 1290 g/mol. The lowest BCUT2D eigenvalue weighted by Crippen LogP contribution is -2.65. The summed E-state index contributed by atoms with van der Waals surface area (Å²) in [5, 5.41) is 4.37. The first-order valence-electron chi connectivity index (χ1n) is 38.9. The van der Waals surface area contributed by atoms with Crippen LogP contribution in [0, 0.1) is 94.8 Å². The van der Waals surface area contributed by atoms with E-state index in [2.05, 4.69) is 190 Å². The molecular formula is C90H86B3N3O3. The smallest absolute Gasteiger partial charge is 0.260 e. The van der Waals surface area contributed by atoms with Gasteiger partial charge in [-0.3, -0.25) is 0 Å². The van der Waals surface area contributed by atoms with Crippen molar-refractivity contribution in [1.82, 2.24) is 0 Å². The Bertz CT molecular complexity index is 4750. The zero-order chi connectivity index (χ0) is 65.2. The van der Waals surface area contributed by atoms with Crippen LogP contribution in [0.15, 0.2) is 133 Å². The third-order valence-electron chi connectivity index (χ3n) is 29.9. The molecule has 0 aromatic heterocycles. The summed E-state index contributed by atoms with van der Waals surface area (Å²) in [5.41, 5.74) is 34.7. The van der Waals surface area contributed by atoms with E-state index in [-0.39, 0.29) is 36.4 Å². The summed E-state index contributed by atoms with van der Waals surface area (Å²) in [7, 11) is 0. The Labute approximate surface area is 585 Å². The molecule has 6 aliphatic heterocycles. The number of anilines is 8. The second-order valence-corrected chi connectivity index (χ2v) is 36.3. The van der Waals surface area contributed by atoms with Gasteiger partial charge in [0.25, 0.3) is 20.1 Å². The lowest BCUT2D eigenvalue weighted by atomic mass is 9.29. The summed E-state index contributed by atoms with van der Waals surface area (Å²) in [4.78, 5) is 5.62. The first-order valence-corrected chi connectivity index (χ1v) is 38.9. The van der Waals surface area contributed by atoms with Gasteiger partial charge >= 0.3 is 0 Å². The molecule has 12 bridgehead atoms. The van der Waals surface area contributed by atoms with E-state index < -0.39 is 0 Å². The molecule has 6 heterocycles. The molecule has 9 aromatic carbocycles. The van der Waals surface area contributed by atoms with Crippen molar-refractivity contribution in [1.29, 1.82) is 0 Å². The van der Waals surface area contributed by atoms with Crippen molar-refractivity contribution < 1.29 is 14.2 Å². The third-order valence-corrected chi connectivity index (χ3v) is 29.9. The Morgan fingerprint density at radius 1 is 0.313 bits per heavy atom. The minimum absolute atomic E-state index is 0.0335. The number of nitrogens with zero attached hydrogens (tertiary/aromatic N) is 2. The fourth-order valence-corrected chi connectivity index (χ4v) is 27.9. The zero-order valence-electron chi connectivity index (χ0n) is 58.5. The number of benzene rings is 9. The second-order valence-electron chi connectivity index (χ2n) is 36.3. The number of aryl methyl sites for hydroxylation is 6. The highest BCUT2D eigenvalue weighted by Gasteiger charge is 2.58. The third kappa shape index (κ3) is 7.69. The molecule has 27 rings (SSSR count). The number of nitrogens with one attached hydrogen (secondary N) is 1. The van der Waals surface area contributed by atoms with E-state index >= 15 is 0 Å². The highest BCUT2D eigenvalue weighted by molar-refractivity contribution is 7.04. The van der Waals surface area contributed by atoms with Gasteiger partial charge in [0, 0.05) is 45.7 Å². The minimum atomic E-state index is -0.144. The van der Waals surface area contributed by atoms with Gasteiger partial charge in [0.2, 0.25) is 0 Å². The van der Waals surface area contributed by atoms with Gasteiger partial charge < -0.3 is 29.3 Å². The fraction of sp³-hybridized carbons (Fsp3) is 0.400. The number of para-hydroxylation sites is 2. The maximum absolute atomic E-state index is 7.86. The number of hydrogen-bond donors (Lipinski definition) is 1. The van der Waals surface area contributed by atoms with Crippen LogP contribution in [-0.2, 0) is 16.2 Å². The van der Waals surface area contributed by atoms with Crippen LogP contribution >= 0.6 is 0 Å². The molecule has 0 atom stereocenters. The highest BCUT2D eigenvalue weighted by Crippen LogP contribution is 2.65. The average Bonchev–Trinajstić information content (AvgIpc) is 0.680. The van der Waals surface area contributed by atoms with E-state index in [1.807, 2.05) is 0 Å². The maximum atomic E-state index is 7.86. The summed E-state index contributed by atoms with van der Waals surface area (Å²) < 4.78 is 22.5. The Morgan fingerprint density at radius 2 is 0.677 bits per heavy atom. The van der Waals surface area contributed by atoms with Crippen LogP contribution in [0.25, 0.3) is 0 Å². The Morgan fingerprint density at radius 3 is 1.13 bits per heavy atom. The van der Waals surface area contributed by atoms with Crippen LogP contribution in [0.5, 0.6) is 34.5 Å². The summed E-state index contributed by atoms with van der Waals surface area (Å²) in [6, 6.07) is 54.3. The molecular weight excluding hydrogens is 1200 g/mol. The van der Waals surface area contributed by atoms with Crippen molar-refractivity contribution in [3.8, 4) is 34.5 Å². The van der Waals surface area contributed by atoms with Gasteiger partial charge in [0.05, 0.1) is 11.4 Å². The van der Waals surface area contributed by atoms with E-state index in [0.717, 1.165) is 87.8 Å². The first-order chi connectivity index (χ1) is 48.2. The predicted molar refractivity (Wildman–Crippen MR) is 407 cm³/mol. The van der Waals surface area contributed by atoms with Crippen molar-refractivity contribution in [2.45, 2.75) is 173 Å². The number of fused-ring (bicyclic) bond motifs is 12. The van der Waals surface area contributed by atoms with Crippen LogP contribution in [0.3, 0.4) is 0 Å². The van der Waals surface area contributed by atoms with Gasteiger partial charge in [-0.1, -0.05) is 83.9 Å². The Balaban J connectivity index is 0.786. The molecule has 0 saturated heterocycles. The second kappa shape index (κ2) is 19.3. The standard InChI is InChI=1S/C90H86B3N3O3/c1-47-15-49(3)86(50(4)16-47)95-73-36-71-67(91-65-11-7-9-13-77(65)97-80-31-62(28-72(94-71)83(80)91)88-38-53-19-54(39-88)21-55(20-53)40-88)34-68(73)93-69-35-70-79(99-82-33-64(90-44-59-25-60(45-90)27-61(26-59)46-90)32-81-85(82)92(70)66-12-8-10-14-78(66)98-81)37-74(69)96(87-51(5)17-48(2)18-52(87)6)76-30-63(29-75(95)84(76)93)89-41-56-22-57(42-89)24-58(23-56)43-89/h7-18,28-37,53-61,94H,19-27,38-46H2,1-6H3. The summed E-state index contributed by atoms with van der Waals surface area (Å²) >= 11 is 0. The van der Waals surface area contributed by atoms with Crippen LogP contribution in [0.2, 0.25) is 0 Å². The molecule has 1 N–H and O–H groups in total. The molecule has 0 radical (unpaired) electrons. The first kappa shape index (κ1) is 56.7. The molecule has 0 amide bonds. The molecule has 0 spiro atoms. The lowest BCUT2D eigenvalue weighted by molar-refractivity contribution is -0.00539. The number of hydrogen-bond acceptors (Lipinski definition) is 6. The topological polar surface area (TPSA) is 46.2 Å². The van der Waals surface area contributed by atoms with Gasteiger partial charge in [-0.25, -0.2) is 0 Å². The van der Waals surface area contributed by atoms with Gasteiger partial charge in [0.15, 0.2) is 0 Å². The average molecular weight is 1290 g/mol. The molecule has 18 aliphatic rings. The summed E-state index contributed by atoms with van der Waals surface area (Å²) in [5.74, 6) is 13.3. The van der Waals surface area contributed by atoms with Crippen molar-refractivity contribution in [2.75, 3.05) is 15.1 Å². The van der Waals surface area contributed by atoms with Gasteiger partial charge in [-0.05, 0) is 364 Å². The fourth-order valence-electron chi connectivity index (χ4n) is 27.9. The van der Waals surface area contributed by atoms with Crippen LogP contribution in [0.1, 0.15) is 166 Å². The van der Waals surface area contributed by atoms with Crippen molar-refractivity contribution in [3.05, 3.63) is 184 Å². The highest BCUT2D eigenvalue weighted by atomic mass is 16.5. The number of ether oxygens (including phenoxy) is 3. The van der Waals surface area contributed by atoms with Gasteiger partial charge in [-0.2, -0.15) is 0 Å². The lowest BCUT2D eigenvalue weighted by Gasteiger charge is -2.57. The van der Waals surface area contributed by atoms with Crippen LogP contribution < -0.4 is 78.5 Å². The van der Waals surface area contributed by atoms with Crippen LogP contribution in [-0.4, -0.2) is 20.1 Å².